The van der Waals surface area contributed by atoms with Gasteiger partial charge in [0.05, 0.1) is 12.5 Å². The molecule has 0 amide bonds. The third kappa shape index (κ3) is 3.94. The zero-order chi connectivity index (χ0) is 12.0. The van der Waals surface area contributed by atoms with Gasteiger partial charge in [-0.05, 0) is 38.3 Å². The maximum Gasteiger partial charge on any atom is 0.312 e. The predicted molar refractivity (Wildman–Crippen MR) is 66.7 cm³/mol. The van der Waals surface area contributed by atoms with E-state index in [9.17, 15) is 4.79 Å². The first kappa shape index (κ1) is 13.2. The highest BCUT2D eigenvalue weighted by molar-refractivity contribution is 7.09. The van der Waals surface area contributed by atoms with Gasteiger partial charge in [0.1, 0.15) is 0 Å². The van der Waals surface area contributed by atoms with E-state index in [0.717, 1.165) is 13.0 Å². The number of thiophene rings is 1. The van der Waals surface area contributed by atoms with Gasteiger partial charge < -0.3 is 10.1 Å². The molecule has 0 radical (unpaired) electrons. The van der Waals surface area contributed by atoms with E-state index in [1.54, 1.807) is 11.3 Å². The van der Waals surface area contributed by atoms with Gasteiger partial charge in [-0.15, -0.1) is 11.3 Å². The Kier molecular flexibility index (Phi) is 4.96. The van der Waals surface area contributed by atoms with Gasteiger partial charge >= 0.3 is 5.97 Å². The lowest BCUT2D eigenvalue weighted by Gasteiger charge is -2.21. The number of carbonyl (C=O) groups excluding carboxylic acids is 1. The molecule has 0 saturated heterocycles. The minimum absolute atomic E-state index is 0.170. The van der Waals surface area contributed by atoms with Crippen LogP contribution in [0.2, 0.25) is 0 Å². The number of methoxy groups -OCH3 is 1. The normalized spacial score (nSPS) is 11.4. The molecule has 0 aliphatic heterocycles. The summed E-state index contributed by atoms with van der Waals surface area (Å²) in [5.41, 5.74) is -0.454. The highest BCUT2D eigenvalue weighted by atomic mass is 32.1. The molecule has 0 unspecified atom stereocenters. The number of ether oxygens (including phenoxy) is 1. The molecule has 1 rings (SSSR count). The van der Waals surface area contributed by atoms with E-state index in [1.807, 2.05) is 13.8 Å². The fraction of sp³-hybridized carbons (Fsp3) is 0.583. The van der Waals surface area contributed by atoms with E-state index in [0.29, 0.717) is 6.54 Å². The molecule has 0 spiro atoms. The van der Waals surface area contributed by atoms with Crippen LogP contribution in [0.15, 0.2) is 17.5 Å². The van der Waals surface area contributed by atoms with E-state index < -0.39 is 5.41 Å². The van der Waals surface area contributed by atoms with Crippen LogP contribution in [0.5, 0.6) is 0 Å². The number of esters is 1. The summed E-state index contributed by atoms with van der Waals surface area (Å²) in [6.07, 6.45) is 1.01. The summed E-state index contributed by atoms with van der Waals surface area (Å²) in [6.45, 7) is 5.31. The molecule has 0 aliphatic rings. The molecule has 0 bridgehead atoms. The third-order valence-electron chi connectivity index (χ3n) is 2.43. The van der Waals surface area contributed by atoms with Crippen LogP contribution in [0.3, 0.4) is 0 Å². The Labute approximate surface area is 101 Å². The summed E-state index contributed by atoms with van der Waals surface area (Å²) >= 11 is 1.76. The fourth-order valence-electron chi connectivity index (χ4n) is 1.42. The Morgan fingerprint density at radius 3 is 2.88 bits per heavy atom. The topological polar surface area (TPSA) is 38.3 Å². The quantitative estimate of drug-likeness (QED) is 0.612. The average molecular weight is 241 g/mol. The molecule has 1 heterocycles. The second kappa shape index (κ2) is 6.01. The second-order valence-corrected chi connectivity index (χ2v) is 5.41. The Morgan fingerprint density at radius 1 is 1.56 bits per heavy atom. The summed E-state index contributed by atoms with van der Waals surface area (Å²) in [7, 11) is 1.43. The van der Waals surface area contributed by atoms with Crippen LogP contribution < -0.4 is 5.32 Å². The smallest absolute Gasteiger partial charge is 0.312 e. The van der Waals surface area contributed by atoms with Crippen molar-refractivity contribution in [3.63, 3.8) is 0 Å². The first-order valence-electron chi connectivity index (χ1n) is 5.38. The standard InChI is InChI=1S/C12H19NO2S/c1-12(2,11(14)15-3)9-13-7-6-10-5-4-8-16-10/h4-5,8,13H,6-7,9H2,1-3H3. The third-order valence-corrected chi connectivity index (χ3v) is 3.37. The van der Waals surface area contributed by atoms with Crippen molar-refractivity contribution in [3.05, 3.63) is 22.4 Å². The van der Waals surface area contributed by atoms with Crippen LogP contribution in [0.25, 0.3) is 0 Å². The van der Waals surface area contributed by atoms with Crippen molar-refractivity contribution in [1.29, 1.82) is 0 Å². The van der Waals surface area contributed by atoms with Crippen LogP contribution in [-0.4, -0.2) is 26.2 Å². The van der Waals surface area contributed by atoms with Crippen molar-refractivity contribution in [2.75, 3.05) is 20.2 Å². The van der Waals surface area contributed by atoms with Gasteiger partial charge in [0.2, 0.25) is 0 Å². The van der Waals surface area contributed by atoms with E-state index in [4.69, 9.17) is 4.74 Å². The zero-order valence-corrected chi connectivity index (χ0v) is 10.9. The molecule has 0 fully saturated rings. The van der Waals surface area contributed by atoms with Gasteiger partial charge in [-0.3, -0.25) is 4.79 Å². The van der Waals surface area contributed by atoms with E-state index >= 15 is 0 Å². The first-order chi connectivity index (χ1) is 7.56. The molecule has 90 valence electrons. The lowest BCUT2D eigenvalue weighted by Crippen LogP contribution is -2.37. The van der Waals surface area contributed by atoms with Crippen molar-refractivity contribution < 1.29 is 9.53 Å². The monoisotopic (exact) mass is 241 g/mol. The van der Waals surface area contributed by atoms with Crippen molar-refractivity contribution in [2.45, 2.75) is 20.3 Å². The summed E-state index contributed by atoms with van der Waals surface area (Å²) in [6, 6.07) is 4.18. The second-order valence-electron chi connectivity index (χ2n) is 4.38. The van der Waals surface area contributed by atoms with Gasteiger partial charge in [0, 0.05) is 11.4 Å². The maximum atomic E-state index is 11.4. The molecular weight excluding hydrogens is 222 g/mol. The van der Waals surface area contributed by atoms with Gasteiger partial charge in [0.25, 0.3) is 0 Å². The Balaban J connectivity index is 2.22. The number of hydrogen-bond acceptors (Lipinski definition) is 4. The van der Waals surface area contributed by atoms with Crippen LogP contribution in [0.4, 0.5) is 0 Å². The number of rotatable bonds is 6. The summed E-state index contributed by atoms with van der Waals surface area (Å²) < 4.78 is 4.74. The van der Waals surface area contributed by atoms with Crippen molar-refractivity contribution in [3.8, 4) is 0 Å². The maximum absolute atomic E-state index is 11.4. The van der Waals surface area contributed by atoms with Crippen LogP contribution in [-0.2, 0) is 16.0 Å². The molecule has 1 N–H and O–H groups in total. The van der Waals surface area contributed by atoms with Crippen LogP contribution in [0.1, 0.15) is 18.7 Å². The van der Waals surface area contributed by atoms with Crippen LogP contribution in [0, 0.1) is 5.41 Å². The summed E-state index contributed by atoms with van der Waals surface area (Å²) in [5, 5.41) is 5.36. The van der Waals surface area contributed by atoms with Gasteiger partial charge in [-0.25, -0.2) is 0 Å². The highest BCUT2D eigenvalue weighted by Gasteiger charge is 2.27. The zero-order valence-electron chi connectivity index (χ0n) is 10.1. The Morgan fingerprint density at radius 2 is 2.31 bits per heavy atom. The predicted octanol–water partition coefficient (Wildman–Crippen LogP) is 2.08. The molecule has 16 heavy (non-hydrogen) atoms. The van der Waals surface area contributed by atoms with Crippen molar-refractivity contribution >= 4 is 17.3 Å². The summed E-state index contributed by atoms with van der Waals surface area (Å²) in [5.74, 6) is -0.170. The minimum Gasteiger partial charge on any atom is -0.469 e. The summed E-state index contributed by atoms with van der Waals surface area (Å²) in [4.78, 5) is 12.8. The van der Waals surface area contributed by atoms with Gasteiger partial charge in [-0.2, -0.15) is 0 Å². The van der Waals surface area contributed by atoms with Gasteiger partial charge in [0.15, 0.2) is 0 Å². The molecule has 3 nitrogen and oxygen atoms in total. The number of nitrogens with one attached hydrogen (secondary N) is 1. The van der Waals surface area contributed by atoms with E-state index in [1.165, 1.54) is 12.0 Å². The molecule has 1 aromatic heterocycles. The molecule has 0 atom stereocenters. The van der Waals surface area contributed by atoms with Gasteiger partial charge in [-0.1, -0.05) is 6.07 Å². The average Bonchev–Trinajstić information content (AvgIpc) is 2.76. The molecule has 4 heteroatoms. The van der Waals surface area contributed by atoms with Crippen LogP contribution >= 0.6 is 11.3 Å². The SMILES string of the molecule is COC(=O)C(C)(C)CNCCc1cccs1. The molecule has 1 aromatic rings. The fourth-order valence-corrected chi connectivity index (χ4v) is 2.12. The Bertz CT molecular complexity index is 320. The van der Waals surface area contributed by atoms with Crippen molar-refractivity contribution in [2.24, 2.45) is 5.41 Å². The van der Waals surface area contributed by atoms with E-state index in [2.05, 4.69) is 22.8 Å². The largest absolute Gasteiger partial charge is 0.469 e. The lowest BCUT2D eigenvalue weighted by molar-refractivity contribution is -0.150. The first-order valence-corrected chi connectivity index (χ1v) is 6.26. The molecule has 0 aromatic carbocycles. The van der Waals surface area contributed by atoms with E-state index in [-0.39, 0.29) is 5.97 Å². The number of hydrogen-bond donors (Lipinski definition) is 1. The lowest BCUT2D eigenvalue weighted by atomic mass is 9.94. The minimum atomic E-state index is -0.454. The highest BCUT2D eigenvalue weighted by Crippen LogP contribution is 2.15. The molecule has 0 aliphatic carbocycles. The molecule has 0 saturated carbocycles. The van der Waals surface area contributed by atoms with Crippen molar-refractivity contribution in [1.82, 2.24) is 5.32 Å². The molecular formula is C12H19NO2S. The Hall–Kier alpha value is -0.870. The number of carbonyl (C=O) groups is 1.